The molecular formula is C91H89B3Br4F6N6O14. The Morgan fingerprint density at radius 2 is 0.831 bits per heavy atom. The molecule has 2 atom stereocenters. The first-order chi connectivity index (χ1) is 57.4. The molecule has 3 heterocycles. The van der Waals surface area contributed by atoms with Crippen LogP contribution in [0.5, 0.6) is 0 Å². The number of hydrogen-bond donors (Lipinski definition) is 8. The average molecular weight is 1960 g/mol. The van der Waals surface area contributed by atoms with E-state index in [0.717, 1.165) is 99.5 Å². The zero-order valence-electron chi connectivity index (χ0n) is 69.8. The smallest absolute Gasteiger partial charge is 0.478 e. The molecule has 1 aliphatic heterocycles. The van der Waals surface area contributed by atoms with Crippen LogP contribution < -0.4 is 11.2 Å². The fourth-order valence-corrected chi connectivity index (χ4v) is 11.6. The molecule has 12 aromatic rings. The number of carbonyl (C=O) groups is 4. The zero-order valence-corrected chi connectivity index (χ0v) is 76.1. The third-order valence-corrected chi connectivity index (χ3v) is 21.2. The number of aliphatic hydroxyl groups excluding tert-OH is 2. The van der Waals surface area contributed by atoms with Crippen LogP contribution in [-0.4, -0.2) is 138 Å². The predicted molar refractivity (Wildman–Crippen MR) is 488 cm³/mol. The number of pyridine rings is 2. The van der Waals surface area contributed by atoms with Gasteiger partial charge in [0.15, 0.2) is 11.4 Å². The number of primary amides is 1. The van der Waals surface area contributed by atoms with Crippen LogP contribution >= 0.6 is 63.7 Å². The van der Waals surface area contributed by atoms with Gasteiger partial charge in [-0.1, -0.05) is 139 Å². The summed E-state index contributed by atoms with van der Waals surface area (Å²) in [5, 5.41) is 83.5. The number of benzene rings is 10. The standard InChI is InChI=1S/C18H14N2O.C17H18BNO2.C11H8BrNO.C11H6BrN.C11H7BrO2.C7H8BrNO.2C6H14O2.C4F6O3.B2/c1-12(21)17-7-8-20-11-18(17)15-4-3-14-10-16(19-2)6-5-13(14)9-15;1-16(2)17(3,4)21-18(20-16)14-8-6-13-11-15(19-5)9-7-12(13)10-14;12-10-4-3-7-5-9(11(13)14)2-1-8(7)6-10;12-11-4-3-9-5-8(7-13)1-2-10(9)6-11;12-10-4-3-7-5-9(11(13)14)2-1-8(7)6-10;1-5(10)6-2-3-9-4-7(6)8;2*1-5(2,7)6(3,4)8;5-3(6,7)1(11)13-2(12)4(8,9)10;1-2/h3-12,21H,1H3;6-11H,1-4H3;1-6H,(H2,13,14);1-6H;1-6H,(H,13,14);2-5,10H,1H3;2*7-8H,1-4H3;;. The SMILES string of the molecule is CC(C)(O)C(C)(C)O.CC(C)(O)C(C)(C)O.CC(O)c1ccncc1Br.N#Cc1ccc2cc(Br)ccc2c1.NC(=O)c1ccc2cc(Br)ccc2c1.O=C(O)c1ccc2cc(Br)ccc2c1.O=C(OC(=O)C(F)(F)F)C(F)(F)F.[B][B].[C-]#[N+]c1ccc2cc(-c3cnccc3C(C)O)ccc2c1.[C-]#[N+]c1ccc2cc(B3OC(C)(C)C(C)(C)O3)ccc2c1. The number of esters is 2. The largest absolute Gasteiger partial charge is 0.494 e. The van der Waals surface area contributed by atoms with Crippen LogP contribution in [0.2, 0.25) is 0 Å². The number of halogens is 10. The van der Waals surface area contributed by atoms with Crippen LogP contribution in [0, 0.1) is 24.5 Å². The van der Waals surface area contributed by atoms with E-state index in [1.54, 1.807) is 124 Å². The molecular weight excluding hydrogens is 1870 g/mol. The number of nitriles is 1. The van der Waals surface area contributed by atoms with Gasteiger partial charge >= 0.3 is 37.4 Å². The lowest BCUT2D eigenvalue weighted by atomic mass is 9.78. The van der Waals surface area contributed by atoms with E-state index in [-0.39, 0.29) is 18.3 Å². The molecule has 1 amide bonds. The van der Waals surface area contributed by atoms with Gasteiger partial charge in [0.2, 0.25) is 5.91 Å². The first-order valence-corrected chi connectivity index (χ1v) is 40.3. The maximum atomic E-state index is 11.2. The molecule has 124 heavy (non-hydrogen) atoms. The number of ether oxygens (including phenoxy) is 1. The molecule has 0 aliphatic carbocycles. The number of aliphatic hydroxyl groups is 6. The summed E-state index contributed by atoms with van der Waals surface area (Å²) in [7, 11) is 7.65. The summed E-state index contributed by atoms with van der Waals surface area (Å²) in [4.78, 5) is 55.9. The molecule has 2 aromatic heterocycles. The second kappa shape index (κ2) is 46.1. The van der Waals surface area contributed by atoms with Gasteiger partial charge in [0, 0.05) is 69.3 Å². The number of aromatic nitrogens is 2. The van der Waals surface area contributed by atoms with Gasteiger partial charge in [0.25, 0.3) is 0 Å². The van der Waals surface area contributed by atoms with Crippen molar-refractivity contribution in [2.45, 2.75) is 155 Å². The van der Waals surface area contributed by atoms with Gasteiger partial charge in [-0.05, 0) is 292 Å². The number of rotatable bonds is 8. The lowest BCUT2D eigenvalue weighted by molar-refractivity contribution is -0.221. The summed E-state index contributed by atoms with van der Waals surface area (Å²) >= 11 is 13.4. The fourth-order valence-electron chi connectivity index (χ4n) is 9.86. The van der Waals surface area contributed by atoms with E-state index >= 15 is 0 Å². The van der Waals surface area contributed by atoms with Crippen LogP contribution in [0.15, 0.2) is 237 Å². The van der Waals surface area contributed by atoms with E-state index in [1.807, 2.05) is 152 Å². The Bertz CT molecular complexity index is 5660. The highest BCUT2D eigenvalue weighted by atomic mass is 79.9. The minimum Gasteiger partial charge on any atom is -0.478 e. The maximum Gasteiger partial charge on any atom is 0.494 e. The quantitative estimate of drug-likeness (QED) is 0.0230. The first-order valence-electron chi connectivity index (χ1n) is 37.1. The Morgan fingerprint density at radius 1 is 0.492 bits per heavy atom. The van der Waals surface area contributed by atoms with Crippen LogP contribution in [0.1, 0.15) is 147 Å². The lowest BCUT2D eigenvalue weighted by Crippen LogP contribution is -2.44. The van der Waals surface area contributed by atoms with Crippen molar-refractivity contribution >= 4 is 181 Å². The number of carbonyl (C=O) groups excluding carboxylic acids is 3. The lowest BCUT2D eigenvalue weighted by Gasteiger charge is -2.32. The highest BCUT2D eigenvalue weighted by Crippen LogP contribution is 2.38. The summed E-state index contributed by atoms with van der Waals surface area (Å²) in [5.74, 6) is -7.69. The number of amides is 1. The van der Waals surface area contributed by atoms with Crippen molar-refractivity contribution in [2.75, 3.05) is 0 Å². The van der Waals surface area contributed by atoms with Gasteiger partial charge in [-0.15, -0.1) is 0 Å². The molecule has 33 heteroatoms. The summed E-state index contributed by atoms with van der Waals surface area (Å²) in [5.41, 5.74) is 8.05. The molecule has 0 spiro atoms. The van der Waals surface area contributed by atoms with Crippen molar-refractivity contribution in [1.82, 2.24) is 9.97 Å². The van der Waals surface area contributed by atoms with E-state index in [4.69, 9.17) is 64.1 Å². The number of nitrogens with two attached hydrogens (primary N) is 1. The molecule has 10 aromatic carbocycles. The van der Waals surface area contributed by atoms with Gasteiger partial charge in [-0.3, -0.25) is 14.8 Å². The minimum atomic E-state index is -5.62. The summed E-state index contributed by atoms with van der Waals surface area (Å²) < 4.78 is 85.7. The van der Waals surface area contributed by atoms with E-state index in [9.17, 15) is 50.6 Å². The highest BCUT2D eigenvalue weighted by Gasteiger charge is 2.52. The molecule has 1 saturated heterocycles. The molecule has 13 rings (SSSR count). The fraction of sp³-hybridized carbons (Fsp3) is 0.264. The van der Waals surface area contributed by atoms with Crippen molar-refractivity contribution in [3.8, 4) is 17.2 Å². The summed E-state index contributed by atoms with van der Waals surface area (Å²) in [6.45, 7) is 38.4. The van der Waals surface area contributed by atoms with Crippen LogP contribution in [0.4, 0.5) is 37.7 Å². The molecule has 1 aliphatic rings. The van der Waals surface area contributed by atoms with Gasteiger partial charge in [-0.2, -0.15) is 31.6 Å². The maximum absolute atomic E-state index is 11.2. The van der Waals surface area contributed by atoms with Gasteiger partial charge in [-0.25, -0.2) is 24.1 Å². The van der Waals surface area contributed by atoms with E-state index < -0.39 is 70.8 Å². The van der Waals surface area contributed by atoms with Crippen molar-refractivity contribution in [2.24, 2.45) is 5.73 Å². The minimum absolute atomic E-state index is 0.319. The van der Waals surface area contributed by atoms with E-state index in [0.29, 0.717) is 28.1 Å². The molecule has 4 radical (unpaired) electrons. The Balaban J connectivity index is 0.000000297. The van der Waals surface area contributed by atoms with Crippen molar-refractivity contribution in [3.05, 3.63) is 287 Å². The third kappa shape index (κ3) is 32.7. The highest BCUT2D eigenvalue weighted by molar-refractivity contribution is 9.11. The Morgan fingerprint density at radius 3 is 1.21 bits per heavy atom. The molecule has 1 fully saturated rings. The number of carboxylic acids is 1. The molecule has 9 N–H and O–H groups in total. The molecule has 0 saturated carbocycles. The average Bonchev–Trinajstić information content (AvgIpc) is 1.62. The van der Waals surface area contributed by atoms with Crippen LogP contribution in [-0.2, 0) is 23.6 Å². The van der Waals surface area contributed by atoms with E-state index in [1.165, 1.54) is 0 Å². The van der Waals surface area contributed by atoms with Gasteiger partial charge in [0.05, 0.1) is 76.2 Å². The Hall–Kier alpha value is -10.3. The second-order valence-electron chi connectivity index (χ2n) is 30.4. The summed E-state index contributed by atoms with van der Waals surface area (Å²) in [6, 6.07) is 63.1. The number of carboxylic acid groups (broad SMARTS) is 1. The van der Waals surface area contributed by atoms with Gasteiger partial charge in [0.1, 0.15) is 0 Å². The number of fused-ring (bicyclic) bond motifs is 5. The molecule has 2 unspecified atom stereocenters. The predicted octanol–water partition coefficient (Wildman–Crippen LogP) is 21.0. The molecule has 646 valence electrons. The van der Waals surface area contributed by atoms with Gasteiger partial charge < -0.3 is 55.5 Å². The Kier molecular flexibility index (Phi) is 39.4. The van der Waals surface area contributed by atoms with Crippen molar-refractivity contribution < 1.29 is 95.3 Å². The number of aromatic carboxylic acids is 1. The number of alkyl halides is 6. The van der Waals surface area contributed by atoms with Crippen LogP contribution in [0.3, 0.4) is 0 Å². The zero-order chi connectivity index (χ0) is 94.0. The normalized spacial score (nSPS) is 13.0. The first kappa shape index (κ1) is 106. The van der Waals surface area contributed by atoms with Crippen molar-refractivity contribution in [1.29, 1.82) is 5.26 Å². The number of hydrogen-bond acceptors (Lipinski definition) is 16. The molecule has 20 nitrogen and oxygen atoms in total. The van der Waals surface area contributed by atoms with E-state index in [2.05, 4.69) is 149 Å². The topological polar surface area (TPSA) is 322 Å². The Labute approximate surface area is 751 Å². The molecule has 0 bridgehead atoms. The monoisotopic (exact) mass is 1950 g/mol. The third-order valence-electron chi connectivity index (χ3n) is 19.0. The second-order valence-corrected chi connectivity index (χ2v) is 34.0. The summed E-state index contributed by atoms with van der Waals surface area (Å²) in [6.07, 6.45) is -5.43. The number of nitrogens with zero attached hydrogens (tertiary/aromatic N) is 5. The van der Waals surface area contributed by atoms with Crippen molar-refractivity contribution in [3.63, 3.8) is 0 Å². The van der Waals surface area contributed by atoms with Crippen LogP contribution in [0.25, 0.3) is 74.7 Å².